The van der Waals surface area contributed by atoms with Gasteiger partial charge in [-0.15, -0.1) is 0 Å². The summed E-state index contributed by atoms with van der Waals surface area (Å²) in [6, 6.07) is 4.89. The van der Waals surface area contributed by atoms with Crippen LogP contribution >= 0.6 is 0 Å². The van der Waals surface area contributed by atoms with Crippen molar-refractivity contribution in [2.75, 3.05) is 13.7 Å². The van der Waals surface area contributed by atoms with Gasteiger partial charge in [0.1, 0.15) is 6.04 Å². The molecule has 2 rings (SSSR count). The summed E-state index contributed by atoms with van der Waals surface area (Å²) in [5.74, 6) is -2.05. The molecular formula is C14H16N2O5. The van der Waals surface area contributed by atoms with E-state index in [-0.39, 0.29) is 24.6 Å². The van der Waals surface area contributed by atoms with E-state index in [0.717, 1.165) is 0 Å². The number of nitrogens with two attached hydrogens (primary N) is 1. The first-order valence-electron chi connectivity index (χ1n) is 6.40. The third-order valence-corrected chi connectivity index (χ3v) is 3.56. The van der Waals surface area contributed by atoms with Gasteiger partial charge in [0.05, 0.1) is 6.10 Å². The smallest absolute Gasteiger partial charge is 0.326 e. The molecule has 2 atom stereocenters. The average molecular weight is 292 g/mol. The Balaban J connectivity index is 2.21. The number of aliphatic carboxylic acids is 1. The third kappa shape index (κ3) is 3.03. The van der Waals surface area contributed by atoms with Crippen molar-refractivity contribution in [2.45, 2.75) is 18.6 Å². The number of rotatable bonds is 4. The number of carboxylic acids is 1. The lowest BCUT2D eigenvalue weighted by atomic mass is 10.1. The fraction of sp³-hybridized carbons (Fsp3) is 0.357. The molecule has 0 spiro atoms. The highest BCUT2D eigenvalue weighted by molar-refractivity contribution is 5.99. The van der Waals surface area contributed by atoms with Gasteiger partial charge >= 0.3 is 5.97 Å². The van der Waals surface area contributed by atoms with Crippen molar-refractivity contribution in [3.05, 3.63) is 35.4 Å². The predicted molar refractivity (Wildman–Crippen MR) is 72.8 cm³/mol. The molecule has 1 fully saturated rings. The molecule has 7 heteroatoms. The summed E-state index contributed by atoms with van der Waals surface area (Å²) in [5.41, 5.74) is 5.73. The molecule has 2 amide bonds. The van der Waals surface area contributed by atoms with E-state index in [1.807, 2.05) is 0 Å². The molecule has 0 saturated carbocycles. The molecule has 0 aromatic heterocycles. The molecular weight excluding hydrogens is 276 g/mol. The number of likely N-dealkylation sites (tertiary alicyclic amines) is 1. The minimum absolute atomic E-state index is 0.226. The number of primary amides is 1. The van der Waals surface area contributed by atoms with Crippen LogP contribution < -0.4 is 5.73 Å². The number of carbonyl (C=O) groups is 3. The number of amides is 2. The number of methoxy groups -OCH3 is 1. The minimum atomic E-state index is -1.06. The Morgan fingerprint density at radius 2 is 1.81 bits per heavy atom. The Morgan fingerprint density at radius 1 is 1.24 bits per heavy atom. The van der Waals surface area contributed by atoms with Crippen LogP contribution in [0.15, 0.2) is 24.3 Å². The van der Waals surface area contributed by atoms with E-state index in [9.17, 15) is 19.5 Å². The van der Waals surface area contributed by atoms with Crippen molar-refractivity contribution in [3.63, 3.8) is 0 Å². The molecule has 1 heterocycles. The van der Waals surface area contributed by atoms with Gasteiger partial charge in [-0.2, -0.15) is 0 Å². The van der Waals surface area contributed by atoms with Gasteiger partial charge in [-0.3, -0.25) is 9.59 Å². The number of nitrogens with zero attached hydrogens (tertiary/aromatic N) is 1. The largest absolute Gasteiger partial charge is 0.480 e. The van der Waals surface area contributed by atoms with Crippen LogP contribution in [0.4, 0.5) is 0 Å². The zero-order valence-electron chi connectivity index (χ0n) is 11.5. The summed E-state index contributed by atoms with van der Waals surface area (Å²) >= 11 is 0. The second kappa shape index (κ2) is 5.92. The van der Waals surface area contributed by atoms with Crippen molar-refractivity contribution in [3.8, 4) is 0 Å². The van der Waals surface area contributed by atoms with E-state index < -0.39 is 23.8 Å². The summed E-state index contributed by atoms with van der Waals surface area (Å²) in [6.07, 6.45) is -0.0309. The maximum absolute atomic E-state index is 12.4. The number of hydrogen-bond donors (Lipinski definition) is 2. The molecule has 1 aromatic carbocycles. The van der Waals surface area contributed by atoms with Crippen LogP contribution in [0.2, 0.25) is 0 Å². The number of benzene rings is 1. The van der Waals surface area contributed by atoms with Crippen LogP contribution in [0, 0.1) is 0 Å². The maximum Gasteiger partial charge on any atom is 0.326 e. The van der Waals surface area contributed by atoms with Gasteiger partial charge in [0.15, 0.2) is 0 Å². The molecule has 21 heavy (non-hydrogen) atoms. The fourth-order valence-electron chi connectivity index (χ4n) is 2.37. The lowest BCUT2D eigenvalue weighted by Crippen LogP contribution is -2.40. The van der Waals surface area contributed by atoms with Crippen molar-refractivity contribution >= 4 is 17.8 Å². The van der Waals surface area contributed by atoms with Gasteiger partial charge in [0, 0.05) is 31.2 Å². The van der Waals surface area contributed by atoms with Crippen LogP contribution in [0.5, 0.6) is 0 Å². The van der Waals surface area contributed by atoms with E-state index in [1.54, 1.807) is 0 Å². The summed E-state index contributed by atoms with van der Waals surface area (Å²) in [7, 11) is 1.49. The van der Waals surface area contributed by atoms with E-state index in [1.165, 1.54) is 36.3 Å². The van der Waals surface area contributed by atoms with Gasteiger partial charge in [0.2, 0.25) is 5.91 Å². The molecule has 1 aliphatic heterocycles. The quantitative estimate of drug-likeness (QED) is 0.817. The molecule has 0 aliphatic carbocycles. The molecule has 112 valence electrons. The zero-order chi connectivity index (χ0) is 15.6. The van der Waals surface area contributed by atoms with Gasteiger partial charge in [-0.1, -0.05) is 0 Å². The number of hydrogen-bond acceptors (Lipinski definition) is 4. The zero-order valence-corrected chi connectivity index (χ0v) is 11.5. The number of carboxylic acid groups (broad SMARTS) is 1. The lowest BCUT2D eigenvalue weighted by Gasteiger charge is -2.21. The van der Waals surface area contributed by atoms with Crippen LogP contribution in [-0.4, -0.2) is 53.6 Å². The van der Waals surface area contributed by atoms with Crippen molar-refractivity contribution in [1.82, 2.24) is 4.90 Å². The molecule has 2 unspecified atom stereocenters. The van der Waals surface area contributed by atoms with Crippen LogP contribution in [-0.2, 0) is 9.53 Å². The van der Waals surface area contributed by atoms with Gasteiger partial charge < -0.3 is 20.5 Å². The van der Waals surface area contributed by atoms with Gasteiger partial charge in [-0.25, -0.2) is 4.79 Å². The topological polar surface area (TPSA) is 110 Å². The highest BCUT2D eigenvalue weighted by Gasteiger charge is 2.40. The van der Waals surface area contributed by atoms with Crippen molar-refractivity contribution in [1.29, 1.82) is 0 Å². The normalized spacial score (nSPS) is 21.3. The predicted octanol–water partition coefficient (Wildman–Crippen LogP) is 0.0996. The third-order valence-electron chi connectivity index (χ3n) is 3.56. The van der Waals surface area contributed by atoms with E-state index >= 15 is 0 Å². The van der Waals surface area contributed by atoms with Crippen LogP contribution in [0.25, 0.3) is 0 Å². The Labute approximate surface area is 121 Å². The molecule has 0 radical (unpaired) electrons. The Hall–Kier alpha value is -2.41. The standard InChI is InChI=1S/C14H16N2O5/c1-21-10-6-11(14(19)20)16(7-10)13(18)9-4-2-8(3-5-9)12(15)17/h2-5,10-11H,6-7H2,1H3,(H2,15,17)(H,19,20). The van der Waals surface area contributed by atoms with Crippen LogP contribution in [0.3, 0.4) is 0 Å². The lowest BCUT2D eigenvalue weighted by molar-refractivity contribution is -0.141. The van der Waals surface area contributed by atoms with Gasteiger partial charge in [0.25, 0.3) is 5.91 Å². The molecule has 3 N–H and O–H groups in total. The highest BCUT2D eigenvalue weighted by Crippen LogP contribution is 2.22. The number of carbonyl (C=O) groups excluding carboxylic acids is 2. The maximum atomic E-state index is 12.4. The van der Waals surface area contributed by atoms with Crippen molar-refractivity contribution < 1.29 is 24.2 Å². The summed E-state index contributed by atoms with van der Waals surface area (Å²) < 4.78 is 5.14. The Morgan fingerprint density at radius 3 is 2.29 bits per heavy atom. The molecule has 1 aliphatic rings. The van der Waals surface area contributed by atoms with E-state index in [2.05, 4.69) is 0 Å². The first kappa shape index (κ1) is 15.0. The molecule has 1 aromatic rings. The molecule has 1 saturated heterocycles. The average Bonchev–Trinajstić information content (AvgIpc) is 2.91. The second-order valence-corrected chi connectivity index (χ2v) is 4.85. The van der Waals surface area contributed by atoms with E-state index in [0.29, 0.717) is 5.56 Å². The highest BCUT2D eigenvalue weighted by atomic mass is 16.5. The SMILES string of the molecule is COC1CC(C(=O)O)N(C(=O)c2ccc(C(N)=O)cc2)C1. The van der Waals surface area contributed by atoms with E-state index in [4.69, 9.17) is 10.5 Å². The van der Waals surface area contributed by atoms with Crippen molar-refractivity contribution in [2.24, 2.45) is 5.73 Å². The Bertz CT molecular complexity index is 569. The second-order valence-electron chi connectivity index (χ2n) is 4.85. The monoisotopic (exact) mass is 292 g/mol. The summed E-state index contributed by atoms with van der Waals surface area (Å²) in [6.45, 7) is 0.226. The first-order chi connectivity index (χ1) is 9.93. The number of ether oxygens (including phenoxy) is 1. The van der Waals surface area contributed by atoms with Crippen LogP contribution in [0.1, 0.15) is 27.1 Å². The fourth-order valence-corrected chi connectivity index (χ4v) is 2.37. The first-order valence-corrected chi connectivity index (χ1v) is 6.40. The Kier molecular flexibility index (Phi) is 4.23. The summed E-state index contributed by atoms with van der Waals surface area (Å²) in [5, 5.41) is 9.20. The summed E-state index contributed by atoms with van der Waals surface area (Å²) in [4.78, 5) is 35.9. The molecule has 0 bridgehead atoms. The molecule has 7 nitrogen and oxygen atoms in total. The minimum Gasteiger partial charge on any atom is -0.480 e. The van der Waals surface area contributed by atoms with Gasteiger partial charge in [-0.05, 0) is 24.3 Å².